The molecule has 0 unspecified atom stereocenters. The van der Waals surface area contributed by atoms with Crippen molar-refractivity contribution in [2.45, 2.75) is 32.2 Å². The minimum Gasteiger partial charge on any atom is -0.325 e. The van der Waals surface area contributed by atoms with E-state index in [0.717, 1.165) is 28.9 Å². The van der Waals surface area contributed by atoms with E-state index in [1.165, 1.54) is 11.8 Å². The fourth-order valence-electron chi connectivity index (χ4n) is 2.31. The number of thioether (sulfide) groups is 1. The lowest BCUT2D eigenvalue weighted by atomic mass is 10.1. The molecule has 0 saturated carbocycles. The van der Waals surface area contributed by atoms with Gasteiger partial charge in [0.05, 0.1) is 11.3 Å². The molecule has 1 aromatic heterocycles. The predicted octanol–water partition coefficient (Wildman–Crippen LogP) is 3.86. The zero-order chi connectivity index (χ0) is 16.8. The first kappa shape index (κ1) is 17.0. The average molecular weight is 325 g/mol. The minimum absolute atomic E-state index is 0.0965. The molecule has 0 aliphatic heterocycles. The van der Waals surface area contributed by atoms with Crippen LogP contribution < -0.4 is 5.32 Å². The normalized spacial score (nSPS) is 10.2. The van der Waals surface area contributed by atoms with E-state index in [1.807, 2.05) is 44.2 Å². The zero-order valence-electron chi connectivity index (χ0n) is 13.5. The first-order valence-electron chi connectivity index (χ1n) is 7.44. The van der Waals surface area contributed by atoms with E-state index in [1.54, 1.807) is 0 Å². The summed E-state index contributed by atoms with van der Waals surface area (Å²) in [5, 5.41) is 12.8. The van der Waals surface area contributed by atoms with Crippen molar-refractivity contribution in [3.63, 3.8) is 0 Å². The van der Waals surface area contributed by atoms with Gasteiger partial charge in [-0.2, -0.15) is 5.26 Å². The summed E-state index contributed by atoms with van der Waals surface area (Å²) in [6, 6.07) is 11.8. The molecule has 0 fully saturated rings. The van der Waals surface area contributed by atoms with Crippen LogP contribution in [0.2, 0.25) is 0 Å². The molecule has 0 atom stereocenters. The third-order valence-electron chi connectivity index (χ3n) is 3.44. The molecule has 1 amide bonds. The molecule has 1 N–H and O–H groups in total. The number of rotatable bonds is 5. The van der Waals surface area contributed by atoms with Gasteiger partial charge in [-0.15, -0.1) is 0 Å². The van der Waals surface area contributed by atoms with Crippen molar-refractivity contribution in [3.8, 4) is 6.07 Å². The van der Waals surface area contributed by atoms with Crippen molar-refractivity contribution >= 4 is 23.4 Å². The van der Waals surface area contributed by atoms with Crippen LogP contribution in [0.1, 0.15) is 29.3 Å². The number of nitriles is 1. The van der Waals surface area contributed by atoms with Crippen LogP contribution in [0.15, 0.2) is 35.4 Å². The summed E-state index contributed by atoms with van der Waals surface area (Å²) in [6.07, 6.45) is 0.862. The highest BCUT2D eigenvalue weighted by Gasteiger charge is 2.12. The van der Waals surface area contributed by atoms with Crippen LogP contribution in [0, 0.1) is 25.2 Å². The number of aromatic nitrogens is 1. The van der Waals surface area contributed by atoms with Gasteiger partial charge < -0.3 is 5.32 Å². The maximum absolute atomic E-state index is 12.2. The molecule has 2 aromatic rings. The van der Waals surface area contributed by atoms with E-state index < -0.39 is 0 Å². The Bertz CT molecular complexity index is 765. The lowest BCUT2D eigenvalue weighted by Gasteiger charge is -2.10. The van der Waals surface area contributed by atoms with Crippen LogP contribution in [0.3, 0.4) is 0 Å². The summed E-state index contributed by atoms with van der Waals surface area (Å²) in [5.41, 5.74) is 4.23. The van der Waals surface area contributed by atoms with Gasteiger partial charge >= 0.3 is 0 Å². The van der Waals surface area contributed by atoms with E-state index in [4.69, 9.17) is 0 Å². The summed E-state index contributed by atoms with van der Waals surface area (Å²) in [6.45, 7) is 5.82. The number of nitrogens with one attached hydrogen (secondary N) is 1. The molecule has 0 bridgehead atoms. The lowest BCUT2D eigenvalue weighted by molar-refractivity contribution is -0.113. The number of nitrogens with zero attached hydrogens (tertiary/aromatic N) is 2. The van der Waals surface area contributed by atoms with E-state index in [-0.39, 0.29) is 11.7 Å². The van der Waals surface area contributed by atoms with E-state index in [0.29, 0.717) is 10.6 Å². The Labute approximate surface area is 140 Å². The second-order valence-electron chi connectivity index (χ2n) is 5.22. The van der Waals surface area contributed by atoms with Crippen molar-refractivity contribution in [1.82, 2.24) is 4.98 Å². The Balaban J connectivity index is 2.07. The molecule has 23 heavy (non-hydrogen) atoms. The first-order valence-corrected chi connectivity index (χ1v) is 8.42. The number of carbonyl (C=O) groups excluding carboxylic acids is 1. The number of hydrogen-bond donors (Lipinski definition) is 1. The van der Waals surface area contributed by atoms with E-state index in [2.05, 4.69) is 23.3 Å². The van der Waals surface area contributed by atoms with Crippen molar-refractivity contribution in [3.05, 3.63) is 52.7 Å². The van der Waals surface area contributed by atoms with Crippen LogP contribution in [0.25, 0.3) is 0 Å². The number of anilines is 1. The first-order chi connectivity index (χ1) is 11.0. The van der Waals surface area contributed by atoms with Crippen LogP contribution >= 0.6 is 11.8 Å². The monoisotopic (exact) mass is 325 g/mol. The quantitative estimate of drug-likeness (QED) is 0.848. The van der Waals surface area contributed by atoms with Crippen molar-refractivity contribution < 1.29 is 4.79 Å². The second kappa shape index (κ2) is 7.80. The lowest BCUT2D eigenvalue weighted by Crippen LogP contribution is -2.15. The maximum atomic E-state index is 12.2. The van der Waals surface area contributed by atoms with Gasteiger partial charge in [0, 0.05) is 11.4 Å². The molecule has 0 saturated heterocycles. The van der Waals surface area contributed by atoms with Crippen LogP contribution in [-0.4, -0.2) is 16.6 Å². The van der Waals surface area contributed by atoms with E-state index >= 15 is 0 Å². The number of aryl methyl sites for hydroxylation is 3. The molecule has 0 aliphatic carbocycles. The van der Waals surface area contributed by atoms with Crippen LogP contribution in [-0.2, 0) is 11.2 Å². The average Bonchev–Trinajstić information content (AvgIpc) is 2.53. The summed E-state index contributed by atoms with van der Waals surface area (Å²) >= 11 is 1.30. The highest BCUT2D eigenvalue weighted by molar-refractivity contribution is 8.00. The predicted molar refractivity (Wildman–Crippen MR) is 93.6 cm³/mol. The molecular weight excluding hydrogens is 306 g/mol. The van der Waals surface area contributed by atoms with Gasteiger partial charge in [-0.05, 0) is 43.5 Å². The molecule has 0 radical (unpaired) electrons. The molecule has 0 spiro atoms. The van der Waals surface area contributed by atoms with Gasteiger partial charge in [0.15, 0.2) is 0 Å². The zero-order valence-corrected chi connectivity index (χ0v) is 14.3. The Hall–Kier alpha value is -2.32. The largest absolute Gasteiger partial charge is 0.325 e. The third-order valence-corrected chi connectivity index (χ3v) is 4.41. The number of benzene rings is 1. The molecule has 0 aliphatic rings. The number of pyridine rings is 1. The smallest absolute Gasteiger partial charge is 0.234 e. The summed E-state index contributed by atoms with van der Waals surface area (Å²) < 4.78 is 0. The Morgan fingerprint density at radius 2 is 2.09 bits per heavy atom. The number of para-hydroxylation sites is 1. The van der Waals surface area contributed by atoms with Gasteiger partial charge in [0.25, 0.3) is 0 Å². The fraction of sp³-hybridized carbons (Fsp3) is 0.278. The van der Waals surface area contributed by atoms with Gasteiger partial charge in [-0.3, -0.25) is 4.79 Å². The van der Waals surface area contributed by atoms with Crippen LogP contribution in [0.5, 0.6) is 0 Å². The molecule has 1 aromatic carbocycles. The third kappa shape index (κ3) is 4.33. The van der Waals surface area contributed by atoms with Crippen molar-refractivity contribution in [2.75, 3.05) is 11.1 Å². The number of carbonyl (C=O) groups is 1. The maximum Gasteiger partial charge on any atom is 0.234 e. The Morgan fingerprint density at radius 3 is 2.78 bits per heavy atom. The molecule has 5 heteroatoms. The SMILES string of the molecule is CCc1ccccc1NC(=O)CSc1nc(C)cc(C)c1C#N. The molecule has 4 nitrogen and oxygen atoms in total. The van der Waals surface area contributed by atoms with Gasteiger partial charge in [-0.25, -0.2) is 4.98 Å². The fourth-order valence-corrected chi connectivity index (χ4v) is 3.21. The highest BCUT2D eigenvalue weighted by Crippen LogP contribution is 2.24. The highest BCUT2D eigenvalue weighted by atomic mass is 32.2. The molecular formula is C18H19N3OS. The van der Waals surface area contributed by atoms with Crippen molar-refractivity contribution in [2.24, 2.45) is 0 Å². The Kier molecular flexibility index (Phi) is 5.78. The molecule has 1 heterocycles. The molecule has 118 valence electrons. The Morgan fingerprint density at radius 1 is 1.35 bits per heavy atom. The number of hydrogen-bond acceptors (Lipinski definition) is 4. The van der Waals surface area contributed by atoms with E-state index in [9.17, 15) is 10.1 Å². The van der Waals surface area contributed by atoms with Gasteiger partial charge in [-0.1, -0.05) is 36.9 Å². The summed E-state index contributed by atoms with van der Waals surface area (Å²) in [7, 11) is 0. The second-order valence-corrected chi connectivity index (χ2v) is 6.18. The summed E-state index contributed by atoms with van der Waals surface area (Å²) in [4.78, 5) is 16.6. The van der Waals surface area contributed by atoms with Gasteiger partial charge in [0.2, 0.25) is 5.91 Å². The summed E-state index contributed by atoms with van der Waals surface area (Å²) in [5.74, 6) is 0.128. The molecule has 2 rings (SSSR count). The van der Waals surface area contributed by atoms with Crippen molar-refractivity contribution in [1.29, 1.82) is 5.26 Å². The number of amides is 1. The minimum atomic E-state index is -0.0965. The standard InChI is InChI=1S/C18H19N3OS/c1-4-14-7-5-6-8-16(14)21-17(22)11-23-18-15(10-19)12(2)9-13(3)20-18/h5-9H,4,11H2,1-3H3,(H,21,22). The van der Waals surface area contributed by atoms with Crippen LogP contribution in [0.4, 0.5) is 5.69 Å². The van der Waals surface area contributed by atoms with Gasteiger partial charge in [0.1, 0.15) is 11.1 Å². The topological polar surface area (TPSA) is 65.8 Å².